The first-order valence-electron chi connectivity index (χ1n) is 6.23. The summed E-state index contributed by atoms with van der Waals surface area (Å²) in [5.41, 5.74) is 0.583. The van der Waals surface area contributed by atoms with E-state index in [0.717, 1.165) is 11.3 Å². The minimum absolute atomic E-state index is 0.0217. The molecule has 0 heterocycles. The first-order valence-corrected chi connectivity index (χ1v) is 7.22. The van der Waals surface area contributed by atoms with Crippen LogP contribution in [-0.4, -0.2) is 29.4 Å². The Balaban J connectivity index is 2.78. The van der Waals surface area contributed by atoms with Gasteiger partial charge in [0.05, 0.1) is 17.4 Å². The van der Waals surface area contributed by atoms with Crippen molar-refractivity contribution in [2.45, 2.75) is 30.7 Å². The Morgan fingerprint density at radius 2 is 2.26 bits per heavy atom. The van der Waals surface area contributed by atoms with Gasteiger partial charge in [-0.05, 0) is 25.0 Å². The Morgan fingerprint density at radius 3 is 2.89 bits per heavy atom. The van der Waals surface area contributed by atoms with Crippen molar-refractivity contribution < 1.29 is 9.90 Å². The van der Waals surface area contributed by atoms with Crippen molar-refractivity contribution in [1.29, 1.82) is 5.26 Å². The van der Waals surface area contributed by atoms with Crippen LogP contribution in [0.1, 0.15) is 30.1 Å². The van der Waals surface area contributed by atoms with Crippen LogP contribution in [0.15, 0.2) is 29.2 Å². The summed E-state index contributed by atoms with van der Waals surface area (Å²) < 4.78 is 0. The van der Waals surface area contributed by atoms with Gasteiger partial charge in [0.2, 0.25) is 0 Å². The van der Waals surface area contributed by atoms with Gasteiger partial charge in [-0.15, -0.1) is 11.8 Å². The molecule has 0 radical (unpaired) electrons. The lowest BCUT2D eigenvalue weighted by atomic mass is 10.1. The predicted octanol–water partition coefficient (Wildman–Crippen LogP) is 2.19. The number of amides is 1. The summed E-state index contributed by atoms with van der Waals surface area (Å²) >= 11 is 1.35. The highest BCUT2D eigenvalue weighted by Gasteiger charge is 2.14. The van der Waals surface area contributed by atoms with E-state index in [2.05, 4.69) is 11.4 Å². The lowest BCUT2D eigenvalue weighted by Crippen LogP contribution is -2.35. The zero-order valence-corrected chi connectivity index (χ0v) is 11.7. The molecule has 1 rings (SSSR count). The van der Waals surface area contributed by atoms with Gasteiger partial charge < -0.3 is 10.4 Å². The predicted molar refractivity (Wildman–Crippen MR) is 76.0 cm³/mol. The van der Waals surface area contributed by atoms with E-state index >= 15 is 0 Å². The average Bonchev–Trinajstić information content (AvgIpc) is 2.44. The molecule has 0 aliphatic heterocycles. The molecule has 4 nitrogen and oxygen atoms in total. The smallest absolute Gasteiger partial charge is 0.252 e. The number of carbonyl (C=O) groups is 1. The molecule has 0 saturated carbocycles. The Morgan fingerprint density at radius 1 is 1.53 bits per heavy atom. The maximum absolute atomic E-state index is 12.2. The highest BCUT2D eigenvalue weighted by Crippen LogP contribution is 2.22. The van der Waals surface area contributed by atoms with Crippen molar-refractivity contribution in [3.05, 3.63) is 29.8 Å². The van der Waals surface area contributed by atoms with Crippen molar-refractivity contribution in [2.24, 2.45) is 0 Å². The number of thioether (sulfide) groups is 1. The Bertz CT molecular complexity index is 457. The van der Waals surface area contributed by atoms with Crippen LogP contribution in [0.25, 0.3) is 0 Å². The number of nitrogens with one attached hydrogen (secondary N) is 1. The van der Waals surface area contributed by atoms with Crippen molar-refractivity contribution in [2.75, 3.05) is 12.4 Å². The molecule has 1 amide bonds. The summed E-state index contributed by atoms with van der Waals surface area (Å²) in [6.45, 7) is 2.03. The average molecular weight is 278 g/mol. The van der Waals surface area contributed by atoms with Crippen molar-refractivity contribution in [3.8, 4) is 6.07 Å². The van der Waals surface area contributed by atoms with E-state index in [1.54, 1.807) is 12.1 Å². The maximum atomic E-state index is 12.2. The zero-order chi connectivity index (χ0) is 14.1. The molecule has 0 spiro atoms. The van der Waals surface area contributed by atoms with E-state index in [4.69, 9.17) is 10.4 Å². The number of hydrogen-bond donors (Lipinski definition) is 2. The third-order valence-corrected chi connectivity index (χ3v) is 3.67. The molecule has 0 aliphatic carbocycles. The van der Waals surface area contributed by atoms with E-state index in [1.165, 1.54) is 11.8 Å². The molecule has 0 bridgehead atoms. The van der Waals surface area contributed by atoms with E-state index in [1.807, 2.05) is 19.1 Å². The summed E-state index contributed by atoms with van der Waals surface area (Å²) in [6, 6.07) is 9.27. The van der Waals surface area contributed by atoms with Gasteiger partial charge in [-0.2, -0.15) is 5.26 Å². The third kappa shape index (κ3) is 4.93. The van der Waals surface area contributed by atoms with Gasteiger partial charge in [0.1, 0.15) is 0 Å². The molecule has 5 heteroatoms. The van der Waals surface area contributed by atoms with Crippen LogP contribution in [0.4, 0.5) is 0 Å². The summed E-state index contributed by atoms with van der Waals surface area (Å²) in [5, 5.41) is 20.4. The fourth-order valence-corrected chi connectivity index (χ4v) is 2.40. The molecule has 0 saturated heterocycles. The van der Waals surface area contributed by atoms with Crippen LogP contribution >= 0.6 is 11.8 Å². The molecule has 1 aromatic carbocycles. The van der Waals surface area contributed by atoms with Crippen molar-refractivity contribution in [1.82, 2.24) is 5.32 Å². The fourth-order valence-electron chi connectivity index (χ4n) is 1.69. The quantitative estimate of drug-likeness (QED) is 0.750. The Hall–Kier alpha value is -1.51. The number of nitriles is 1. The fraction of sp³-hybridized carbons (Fsp3) is 0.429. The molecule has 2 N–H and O–H groups in total. The first-order chi connectivity index (χ1) is 9.22. The van der Waals surface area contributed by atoms with Gasteiger partial charge in [-0.1, -0.05) is 19.1 Å². The second-order valence-electron chi connectivity index (χ2n) is 4.03. The lowest BCUT2D eigenvalue weighted by molar-refractivity contribution is 0.0926. The molecule has 102 valence electrons. The number of carbonyl (C=O) groups excluding carboxylic acids is 1. The lowest BCUT2D eigenvalue weighted by Gasteiger charge is -2.16. The molecule has 19 heavy (non-hydrogen) atoms. The molecule has 0 aromatic heterocycles. The number of benzene rings is 1. The van der Waals surface area contributed by atoms with Crippen LogP contribution in [0.3, 0.4) is 0 Å². The van der Waals surface area contributed by atoms with Gasteiger partial charge >= 0.3 is 0 Å². The number of hydrogen-bond acceptors (Lipinski definition) is 4. The molecule has 0 aliphatic rings. The first kappa shape index (κ1) is 15.5. The summed E-state index contributed by atoms with van der Waals surface area (Å²) in [5.74, 6) is 0.166. The molecule has 1 aromatic rings. The van der Waals surface area contributed by atoms with Crippen molar-refractivity contribution in [3.63, 3.8) is 0 Å². The maximum Gasteiger partial charge on any atom is 0.252 e. The molecule has 1 atom stereocenters. The van der Waals surface area contributed by atoms with E-state index in [9.17, 15) is 4.79 Å². The van der Waals surface area contributed by atoms with Crippen LogP contribution in [0.5, 0.6) is 0 Å². The monoisotopic (exact) mass is 278 g/mol. The summed E-state index contributed by atoms with van der Waals surface area (Å²) in [7, 11) is 0. The second-order valence-corrected chi connectivity index (χ2v) is 5.05. The Kier molecular flexibility index (Phi) is 7.01. The summed E-state index contributed by atoms with van der Waals surface area (Å²) in [4.78, 5) is 13.0. The van der Waals surface area contributed by atoms with E-state index < -0.39 is 0 Å². The SMILES string of the molecule is CCC(CCO)NC(=O)c1ccccc1SCC#N. The number of aliphatic hydroxyl groups is 1. The summed E-state index contributed by atoms with van der Waals surface area (Å²) in [6.07, 6.45) is 1.33. The molecular formula is C14H18N2O2S. The van der Waals surface area contributed by atoms with Gasteiger partial charge in [-0.25, -0.2) is 0 Å². The Labute approximate surface area is 117 Å². The third-order valence-electron chi connectivity index (χ3n) is 2.73. The highest BCUT2D eigenvalue weighted by molar-refractivity contribution is 7.99. The van der Waals surface area contributed by atoms with E-state index in [0.29, 0.717) is 17.7 Å². The highest BCUT2D eigenvalue weighted by atomic mass is 32.2. The number of nitrogens with zero attached hydrogens (tertiary/aromatic N) is 1. The standard InChI is InChI=1S/C14H18N2O2S/c1-2-11(7-9-17)16-14(18)12-5-3-4-6-13(12)19-10-8-15/h3-6,11,17H,2,7,9-10H2,1H3,(H,16,18). The molecular weight excluding hydrogens is 260 g/mol. The van der Waals surface area contributed by atoms with Gasteiger partial charge in [0.25, 0.3) is 5.91 Å². The van der Waals surface area contributed by atoms with E-state index in [-0.39, 0.29) is 18.6 Å². The minimum Gasteiger partial charge on any atom is -0.396 e. The second kappa shape index (κ2) is 8.57. The van der Waals surface area contributed by atoms with Gasteiger partial charge in [0, 0.05) is 17.5 Å². The molecule has 1 unspecified atom stereocenters. The van der Waals surface area contributed by atoms with Crippen molar-refractivity contribution >= 4 is 17.7 Å². The van der Waals surface area contributed by atoms with Gasteiger partial charge in [0.15, 0.2) is 0 Å². The van der Waals surface area contributed by atoms with Crippen LogP contribution in [-0.2, 0) is 0 Å². The van der Waals surface area contributed by atoms with Crippen LogP contribution in [0.2, 0.25) is 0 Å². The topological polar surface area (TPSA) is 73.1 Å². The molecule has 0 fully saturated rings. The van der Waals surface area contributed by atoms with Crippen LogP contribution in [0, 0.1) is 11.3 Å². The van der Waals surface area contributed by atoms with Gasteiger partial charge in [-0.3, -0.25) is 4.79 Å². The zero-order valence-electron chi connectivity index (χ0n) is 10.9. The largest absolute Gasteiger partial charge is 0.396 e. The number of rotatable bonds is 7. The number of aliphatic hydroxyl groups excluding tert-OH is 1. The minimum atomic E-state index is -0.152. The normalized spacial score (nSPS) is 11.6. The van der Waals surface area contributed by atoms with Crippen LogP contribution < -0.4 is 5.32 Å².